The molecule has 1 atom stereocenters. The van der Waals surface area contributed by atoms with Crippen molar-refractivity contribution >= 4 is 11.3 Å². The highest BCUT2D eigenvalue weighted by molar-refractivity contribution is 7.09. The highest BCUT2D eigenvalue weighted by Crippen LogP contribution is 2.23. The molecule has 3 nitrogen and oxygen atoms in total. The number of thiazole rings is 1. The Labute approximate surface area is 123 Å². The van der Waals surface area contributed by atoms with E-state index in [1.165, 1.54) is 5.56 Å². The van der Waals surface area contributed by atoms with E-state index in [0.29, 0.717) is 0 Å². The molecule has 3 aromatic rings. The van der Waals surface area contributed by atoms with E-state index in [1.54, 1.807) is 11.3 Å². The Kier molecular flexibility index (Phi) is 3.65. The molecule has 2 aromatic heterocycles. The molecule has 102 valence electrons. The smallest absolute Gasteiger partial charge is 0.116 e. The molecule has 0 saturated carbocycles. The van der Waals surface area contributed by atoms with Crippen molar-refractivity contribution in [2.75, 3.05) is 0 Å². The van der Waals surface area contributed by atoms with Crippen molar-refractivity contribution < 1.29 is 0 Å². The van der Waals surface area contributed by atoms with Crippen LogP contribution in [0.25, 0.3) is 0 Å². The minimum absolute atomic E-state index is 0.284. The van der Waals surface area contributed by atoms with Gasteiger partial charge in [-0.15, -0.1) is 11.3 Å². The van der Waals surface area contributed by atoms with Crippen LogP contribution in [-0.4, -0.2) is 14.5 Å². The van der Waals surface area contributed by atoms with Crippen LogP contribution in [0.15, 0.2) is 48.1 Å². The van der Waals surface area contributed by atoms with Gasteiger partial charge in [0.25, 0.3) is 0 Å². The molecule has 20 heavy (non-hydrogen) atoms. The fourth-order valence-corrected chi connectivity index (χ4v) is 3.12. The summed E-state index contributed by atoms with van der Waals surface area (Å²) in [5, 5.41) is 3.22. The molecule has 0 bridgehead atoms. The second kappa shape index (κ2) is 5.59. The SMILES string of the molecule is Cc1csc(Cn2ccnc2[C@@H](C)c2ccccc2)n1. The highest BCUT2D eigenvalue weighted by Gasteiger charge is 2.14. The van der Waals surface area contributed by atoms with Crippen LogP contribution >= 0.6 is 11.3 Å². The molecule has 0 radical (unpaired) electrons. The van der Waals surface area contributed by atoms with E-state index in [0.717, 1.165) is 23.1 Å². The maximum Gasteiger partial charge on any atom is 0.116 e. The van der Waals surface area contributed by atoms with E-state index in [9.17, 15) is 0 Å². The van der Waals surface area contributed by atoms with E-state index < -0.39 is 0 Å². The van der Waals surface area contributed by atoms with Crippen molar-refractivity contribution in [1.82, 2.24) is 14.5 Å². The molecule has 0 spiro atoms. The largest absolute Gasteiger partial charge is 0.328 e. The lowest BCUT2D eigenvalue weighted by atomic mass is 10.0. The Bertz CT molecular complexity index is 685. The zero-order valence-electron chi connectivity index (χ0n) is 11.7. The van der Waals surface area contributed by atoms with Gasteiger partial charge in [-0.2, -0.15) is 0 Å². The molecule has 4 heteroatoms. The maximum absolute atomic E-state index is 4.54. The summed E-state index contributed by atoms with van der Waals surface area (Å²) in [5.41, 5.74) is 2.37. The van der Waals surface area contributed by atoms with Gasteiger partial charge in [0.15, 0.2) is 0 Å². The number of nitrogens with zero attached hydrogens (tertiary/aromatic N) is 3. The summed E-state index contributed by atoms with van der Waals surface area (Å²) in [6.07, 6.45) is 3.90. The van der Waals surface area contributed by atoms with Gasteiger partial charge in [-0.05, 0) is 12.5 Å². The molecule has 0 amide bonds. The van der Waals surface area contributed by atoms with Crippen LogP contribution in [0, 0.1) is 6.92 Å². The molecule has 0 aliphatic rings. The minimum atomic E-state index is 0.284. The molecule has 2 heterocycles. The Morgan fingerprint density at radius 2 is 2.05 bits per heavy atom. The van der Waals surface area contributed by atoms with Gasteiger partial charge in [0.05, 0.1) is 6.54 Å². The third-order valence-electron chi connectivity index (χ3n) is 3.41. The third kappa shape index (κ3) is 2.65. The van der Waals surface area contributed by atoms with Crippen LogP contribution < -0.4 is 0 Å². The van der Waals surface area contributed by atoms with Crippen LogP contribution in [-0.2, 0) is 6.54 Å². The lowest BCUT2D eigenvalue weighted by molar-refractivity contribution is 0.686. The van der Waals surface area contributed by atoms with Gasteiger partial charge in [-0.1, -0.05) is 37.3 Å². The van der Waals surface area contributed by atoms with Crippen LogP contribution in [0.5, 0.6) is 0 Å². The molecular weight excluding hydrogens is 266 g/mol. The predicted octanol–water partition coefficient (Wildman–Crippen LogP) is 3.85. The second-order valence-electron chi connectivity index (χ2n) is 4.93. The first-order valence-electron chi connectivity index (χ1n) is 6.71. The van der Waals surface area contributed by atoms with Gasteiger partial charge in [-0.25, -0.2) is 9.97 Å². The number of benzene rings is 1. The molecule has 0 unspecified atom stereocenters. The lowest BCUT2D eigenvalue weighted by Gasteiger charge is -2.13. The number of rotatable bonds is 4. The zero-order chi connectivity index (χ0) is 13.9. The molecule has 0 saturated heterocycles. The van der Waals surface area contributed by atoms with Gasteiger partial charge >= 0.3 is 0 Å². The monoisotopic (exact) mass is 283 g/mol. The van der Waals surface area contributed by atoms with Gasteiger partial charge in [0.2, 0.25) is 0 Å². The van der Waals surface area contributed by atoms with E-state index in [1.807, 2.05) is 25.4 Å². The Morgan fingerprint density at radius 3 is 2.75 bits per heavy atom. The first kappa shape index (κ1) is 13.1. The van der Waals surface area contributed by atoms with Gasteiger partial charge in [0, 0.05) is 29.4 Å². The van der Waals surface area contributed by atoms with Gasteiger partial charge in [-0.3, -0.25) is 0 Å². The minimum Gasteiger partial charge on any atom is -0.328 e. The van der Waals surface area contributed by atoms with Crippen LogP contribution in [0.1, 0.15) is 34.9 Å². The predicted molar refractivity (Wildman–Crippen MR) is 82.1 cm³/mol. The molecule has 0 N–H and O–H groups in total. The fraction of sp³-hybridized carbons (Fsp3) is 0.250. The van der Waals surface area contributed by atoms with Crippen molar-refractivity contribution in [2.24, 2.45) is 0 Å². The Morgan fingerprint density at radius 1 is 1.25 bits per heavy atom. The quantitative estimate of drug-likeness (QED) is 0.728. The topological polar surface area (TPSA) is 30.7 Å². The molecule has 0 fully saturated rings. The molecule has 0 aliphatic carbocycles. The summed E-state index contributed by atoms with van der Waals surface area (Å²) in [4.78, 5) is 9.06. The summed E-state index contributed by atoms with van der Waals surface area (Å²) in [6.45, 7) is 5.02. The number of hydrogen-bond donors (Lipinski definition) is 0. The van der Waals surface area contributed by atoms with Crippen LogP contribution in [0.3, 0.4) is 0 Å². The van der Waals surface area contributed by atoms with E-state index >= 15 is 0 Å². The zero-order valence-corrected chi connectivity index (χ0v) is 12.5. The first-order valence-corrected chi connectivity index (χ1v) is 7.59. The number of imidazole rings is 1. The van der Waals surface area contributed by atoms with Crippen LogP contribution in [0.4, 0.5) is 0 Å². The normalized spacial score (nSPS) is 12.5. The van der Waals surface area contributed by atoms with Crippen molar-refractivity contribution in [2.45, 2.75) is 26.3 Å². The maximum atomic E-state index is 4.54. The average molecular weight is 283 g/mol. The number of aromatic nitrogens is 3. The van der Waals surface area contributed by atoms with E-state index in [-0.39, 0.29) is 5.92 Å². The first-order chi connectivity index (χ1) is 9.74. The molecular formula is C16H17N3S. The molecule has 1 aromatic carbocycles. The fourth-order valence-electron chi connectivity index (χ4n) is 2.35. The Hall–Kier alpha value is -1.94. The van der Waals surface area contributed by atoms with E-state index in [4.69, 9.17) is 0 Å². The molecule has 3 rings (SSSR count). The standard InChI is InChI=1S/C16H17N3S/c1-12-11-20-15(18-12)10-19-9-8-17-16(19)13(2)14-6-4-3-5-7-14/h3-9,11,13H,10H2,1-2H3/t13-/m0/s1. The summed E-state index contributed by atoms with van der Waals surface area (Å²) >= 11 is 1.70. The number of aryl methyl sites for hydroxylation is 1. The van der Waals surface area contributed by atoms with Crippen molar-refractivity contribution in [3.63, 3.8) is 0 Å². The second-order valence-corrected chi connectivity index (χ2v) is 5.87. The summed E-state index contributed by atoms with van der Waals surface area (Å²) in [6, 6.07) is 10.5. The highest BCUT2D eigenvalue weighted by atomic mass is 32.1. The van der Waals surface area contributed by atoms with Crippen molar-refractivity contribution in [1.29, 1.82) is 0 Å². The van der Waals surface area contributed by atoms with Crippen molar-refractivity contribution in [3.8, 4) is 0 Å². The van der Waals surface area contributed by atoms with Crippen LogP contribution in [0.2, 0.25) is 0 Å². The summed E-state index contributed by atoms with van der Waals surface area (Å²) in [7, 11) is 0. The molecule has 0 aliphatic heterocycles. The summed E-state index contributed by atoms with van der Waals surface area (Å²) in [5.74, 6) is 1.37. The Balaban J connectivity index is 1.86. The lowest BCUT2D eigenvalue weighted by Crippen LogP contribution is -2.08. The van der Waals surface area contributed by atoms with Gasteiger partial charge in [0.1, 0.15) is 10.8 Å². The van der Waals surface area contributed by atoms with Gasteiger partial charge < -0.3 is 4.57 Å². The number of hydrogen-bond acceptors (Lipinski definition) is 3. The average Bonchev–Trinajstić information content (AvgIpc) is 3.09. The van der Waals surface area contributed by atoms with E-state index in [2.05, 4.69) is 51.1 Å². The third-order valence-corrected chi connectivity index (χ3v) is 4.36. The summed E-state index contributed by atoms with van der Waals surface area (Å²) < 4.78 is 2.19. The van der Waals surface area contributed by atoms with Crippen molar-refractivity contribution in [3.05, 3.63) is 70.2 Å².